The van der Waals surface area contributed by atoms with E-state index in [1.807, 2.05) is 36.1 Å². The number of para-hydroxylation sites is 1. The van der Waals surface area contributed by atoms with Gasteiger partial charge in [-0.3, -0.25) is 9.69 Å². The van der Waals surface area contributed by atoms with Crippen LogP contribution < -0.4 is 4.74 Å². The Morgan fingerprint density at radius 1 is 1.24 bits per heavy atom. The SMILES string of the molecule is Cc1cc(CN2CCCN(C(=O)c3cccc4c3OCC4)CC2)no1. The number of aryl methyl sites for hydroxylation is 1. The molecule has 6 heteroatoms. The third-order valence-electron chi connectivity index (χ3n) is 4.88. The van der Waals surface area contributed by atoms with Crippen LogP contribution in [0.5, 0.6) is 5.75 Å². The van der Waals surface area contributed by atoms with Crippen molar-refractivity contribution in [2.75, 3.05) is 32.8 Å². The maximum atomic E-state index is 13.0. The lowest BCUT2D eigenvalue weighted by Crippen LogP contribution is -2.35. The van der Waals surface area contributed by atoms with Gasteiger partial charge in [0.15, 0.2) is 0 Å². The first-order chi connectivity index (χ1) is 12.2. The highest BCUT2D eigenvalue weighted by molar-refractivity contribution is 5.97. The Kier molecular flexibility index (Phi) is 4.44. The summed E-state index contributed by atoms with van der Waals surface area (Å²) in [7, 11) is 0. The molecule has 0 N–H and O–H groups in total. The molecule has 1 aromatic carbocycles. The summed E-state index contributed by atoms with van der Waals surface area (Å²) in [5, 5.41) is 4.07. The lowest BCUT2D eigenvalue weighted by atomic mass is 10.1. The topological polar surface area (TPSA) is 58.8 Å². The van der Waals surface area contributed by atoms with Gasteiger partial charge in [0.1, 0.15) is 11.5 Å². The summed E-state index contributed by atoms with van der Waals surface area (Å²) in [5.41, 5.74) is 2.80. The highest BCUT2D eigenvalue weighted by Crippen LogP contribution is 2.30. The Labute approximate surface area is 147 Å². The second-order valence-corrected chi connectivity index (χ2v) is 6.74. The number of carbonyl (C=O) groups excluding carboxylic acids is 1. The second-order valence-electron chi connectivity index (χ2n) is 6.74. The van der Waals surface area contributed by atoms with Gasteiger partial charge in [-0.15, -0.1) is 0 Å². The number of aromatic nitrogens is 1. The summed E-state index contributed by atoms with van der Waals surface area (Å²) in [6.45, 7) is 6.64. The Bertz CT molecular complexity index is 771. The van der Waals surface area contributed by atoms with Crippen molar-refractivity contribution in [1.82, 2.24) is 15.0 Å². The molecule has 1 amide bonds. The van der Waals surface area contributed by atoms with Crippen LogP contribution in [0.4, 0.5) is 0 Å². The Hall–Kier alpha value is -2.34. The summed E-state index contributed by atoms with van der Waals surface area (Å²) in [6, 6.07) is 7.85. The number of benzene rings is 1. The number of rotatable bonds is 3. The van der Waals surface area contributed by atoms with Gasteiger partial charge < -0.3 is 14.2 Å². The summed E-state index contributed by atoms with van der Waals surface area (Å²) < 4.78 is 10.8. The van der Waals surface area contributed by atoms with Crippen LogP contribution in [0, 0.1) is 6.92 Å². The number of hydrogen-bond donors (Lipinski definition) is 0. The average Bonchev–Trinajstić information content (AvgIpc) is 3.18. The quantitative estimate of drug-likeness (QED) is 0.857. The molecule has 2 aliphatic heterocycles. The predicted octanol–water partition coefficient (Wildman–Crippen LogP) is 2.27. The first-order valence-corrected chi connectivity index (χ1v) is 8.89. The maximum absolute atomic E-state index is 13.0. The van der Waals surface area contributed by atoms with Crippen molar-refractivity contribution in [3.63, 3.8) is 0 Å². The van der Waals surface area contributed by atoms with E-state index in [4.69, 9.17) is 9.26 Å². The molecule has 0 radical (unpaired) electrons. The Morgan fingerprint density at radius 2 is 2.16 bits per heavy atom. The van der Waals surface area contributed by atoms with Crippen LogP contribution in [0.3, 0.4) is 0 Å². The first-order valence-electron chi connectivity index (χ1n) is 8.89. The fourth-order valence-electron chi connectivity index (χ4n) is 3.61. The zero-order valence-electron chi connectivity index (χ0n) is 14.5. The van der Waals surface area contributed by atoms with E-state index in [-0.39, 0.29) is 5.91 Å². The van der Waals surface area contributed by atoms with Gasteiger partial charge >= 0.3 is 0 Å². The van der Waals surface area contributed by atoms with Crippen LogP contribution in [-0.2, 0) is 13.0 Å². The Balaban J connectivity index is 1.42. The number of carbonyl (C=O) groups is 1. The summed E-state index contributed by atoms with van der Waals surface area (Å²) in [6.07, 6.45) is 1.85. The molecule has 4 rings (SSSR count). The fraction of sp³-hybridized carbons (Fsp3) is 0.474. The minimum Gasteiger partial charge on any atom is -0.492 e. The normalized spacial score (nSPS) is 17.9. The van der Waals surface area contributed by atoms with E-state index in [1.165, 1.54) is 0 Å². The number of fused-ring (bicyclic) bond motifs is 1. The van der Waals surface area contributed by atoms with Gasteiger partial charge in [-0.2, -0.15) is 0 Å². The second kappa shape index (κ2) is 6.88. The van der Waals surface area contributed by atoms with E-state index >= 15 is 0 Å². The Morgan fingerprint density at radius 3 is 3.00 bits per heavy atom. The van der Waals surface area contributed by atoms with Crippen molar-refractivity contribution in [1.29, 1.82) is 0 Å². The van der Waals surface area contributed by atoms with Crippen LogP contribution in [0.25, 0.3) is 0 Å². The molecule has 0 saturated carbocycles. The molecule has 2 aromatic rings. The van der Waals surface area contributed by atoms with E-state index < -0.39 is 0 Å². The standard InChI is InChI=1S/C19H23N3O3/c1-14-12-16(20-25-14)13-21-7-3-8-22(10-9-21)19(23)17-5-2-4-15-6-11-24-18(15)17/h2,4-5,12H,3,6-11,13H2,1H3. The van der Waals surface area contributed by atoms with Gasteiger partial charge in [0, 0.05) is 45.2 Å². The average molecular weight is 341 g/mol. The molecule has 0 spiro atoms. The van der Waals surface area contributed by atoms with Gasteiger partial charge in [0.2, 0.25) is 0 Å². The van der Waals surface area contributed by atoms with E-state index in [0.717, 1.165) is 68.3 Å². The maximum Gasteiger partial charge on any atom is 0.257 e. The highest BCUT2D eigenvalue weighted by atomic mass is 16.5. The van der Waals surface area contributed by atoms with E-state index in [2.05, 4.69) is 10.1 Å². The molecule has 6 nitrogen and oxygen atoms in total. The molecule has 3 heterocycles. The number of hydrogen-bond acceptors (Lipinski definition) is 5. The third-order valence-corrected chi connectivity index (χ3v) is 4.88. The van der Waals surface area contributed by atoms with Crippen molar-refractivity contribution < 1.29 is 14.1 Å². The van der Waals surface area contributed by atoms with Crippen molar-refractivity contribution >= 4 is 5.91 Å². The van der Waals surface area contributed by atoms with Gasteiger partial charge in [0.25, 0.3) is 5.91 Å². The minimum absolute atomic E-state index is 0.0814. The van der Waals surface area contributed by atoms with Gasteiger partial charge in [-0.05, 0) is 25.0 Å². The van der Waals surface area contributed by atoms with Gasteiger partial charge in [-0.1, -0.05) is 17.3 Å². The van der Waals surface area contributed by atoms with Crippen LogP contribution in [0.1, 0.15) is 33.8 Å². The molecule has 0 atom stereocenters. The molecule has 0 bridgehead atoms. The molecule has 1 fully saturated rings. The molecule has 25 heavy (non-hydrogen) atoms. The van der Waals surface area contributed by atoms with E-state index in [9.17, 15) is 4.79 Å². The molecule has 0 aliphatic carbocycles. The van der Waals surface area contributed by atoms with Crippen LogP contribution >= 0.6 is 0 Å². The summed E-state index contributed by atoms with van der Waals surface area (Å²) >= 11 is 0. The smallest absolute Gasteiger partial charge is 0.257 e. The number of amides is 1. The lowest BCUT2D eigenvalue weighted by Gasteiger charge is -2.22. The zero-order chi connectivity index (χ0) is 17.2. The molecule has 1 saturated heterocycles. The van der Waals surface area contributed by atoms with E-state index in [1.54, 1.807) is 0 Å². The van der Waals surface area contributed by atoms with Crippen molar-refractivity contribution in [3.8, 4) is 5.75 Å². The minimum atomic E-state index is 0.0814. The van der Waals surface area contributed by atoms with Crippen LogP contribution in [0.15, 0.2) is 28.8 Å². The number of ether oxygens (including phenoxy) is 1. The van der Waals surface area contributed by atoms with Gasteiger partial charge in [0.05, 0.1) is 17.9 Å². The van der Waals surface area contributed by atoms with Crippen molar-refractivity contribution in [2.24, 2.45) is 0 Å². The van der Waals surface area contributed by atoms with Crippen molar-refractivity contribution in [3.05, 3.63) is 46.8 Å². The summed E-state index contributed by atoms with van der Waals surface area (Å²) in [5.74, 6) is 1.70. The molecular formula is C19H23N3O3. The first kappa shape index (κ1) is 16.1. The van der Waals surface area contributed by atoms with E-state index in [0.29, 0.717) is 12.2 Å². The third kappa shape index (κ3) is 3.39. The lowest BCUT2D eigenvalue weighted by molar-refractivity contribution is 0.0757. The van der Waals surface area contributed by atoms with Crippen molar-refractivity contribution in [2.45, 2.75) is 26.3 Å². The monoisotopic (exact) mass is 341 g/mol. The van der Waals surface area contributed by atoms with Crippen LogP contribution in [-0.4, -0.2) is 53.6 Å². The zero-order valence-corrected chi connectivity index (χ0v) is 14.5. The van der Waals surface area contributed by atoms with Crippen LogP contribution in [0.2, 0.25) is 0 Å². The highest BCUT2D eigenvalue weighted by Gasteiger charge is 2.26. The molecule has 0 unspecified atom stereocenters. The molecule has 132 valence electrons. The van der Waals surface area contributed by atoms with Gasteiger partial charge in [-0.25, -0.2) is 0 Å². The predicted molar refractivity (Wildman–Crippen MR) is 92.7 cm³/mol. The number of nitrogens with zero attached hydrogens (tertiary/aromatic N) is 3. The largest absolute Gasteiger partial charge is 0.492 e. The summed E-state index contributed by atoms with van der Waals surface area (Å²) in [4.78, 5) is 17.3. The molecule has 2 aliphatic rings. The fourth-order valence-corrected chi connectivity index (χ4v) is 3.61. The molecule has 1 aromatic heterocycles. The molecular weight excluding hydrogens is 318 g/mol.